The quantitative estimate of drug-likeness (QED) is 0.0252. The number of allylic oxidation sites excluding steroid dienone is 10. The normalized spacial score (nSPS) is 35.6. The maximum atomic E-state index is 14.2. The number of amides is 5. The van der Waals surface area contributed by atoms with E-state index in [9.17, 15) is 104 Å². The molecule has 618 valence electrons. The van der Waals surface area contributed by atoms with E-state index in [4.69, 9.17) is 67.9 Å². The smallest absolute Gasteiger partial charge is 0.472 e. The standard InChI is InChI=1S/C70H110N5O33P/c1-31(2)15-14-17-32(3)18-19-34(5)22-25-69(9,10)24-13-12-16-33(4)23-26-97-44(63(91)92)30-99-109(95,96)108-41-27-38(61(71)89)70(11,94)60(107-68(72)93)58(41)105-65-47(74-37(8)78)50(83)57(43(102-65)29-98-66-54(87)51(84)48(81)42(28-76)101-66)104-64-46(73-36(7)77)49(82)56(35(6)100-64)103-67-55(88)52(85)53(86)59(106-67)62(90)75-45-39(79)20-21-40(45)80/h13,15,18,23-24,35,38,41-44,46-60,64-67,76,79,81-88,94H,5,12,14,16-17,19-22,25-30H2,1-4,6-11H3,(H2,71,89)(H2,72,93)(H,73,77)(H,74,78)(H,75,90)(H,91,92)(H,95,96)/b24-13+,32-18+,33-23+/t35?,38?,41?,42?,43?,44-,46?,47?,48?,49?,50?,51?,52?,53?,54?,55?,56?,57?,58?,59?,60?,64?,65?,66?,67?,70?/m0/s1. The van der Waals surface area contributed by atoms with Crippen molar-refractivity contribution in [1.29, 1.82) is 0 Å². The van der Waals surface area contributed by atoms with E-state index in [1.165, 1.54) is 18.1 Å². The Bertz CT molecular complexity index is 3360. The van der Waals surface area contributed by atoms with Crippen LogP contribution in [-0.2, 0) is 89.7 Å². The Balaban J connectivity index is 1.25. The van der Waals surface area contributed by atoms with Crippen molar-refractivity contribution < 1.29 is 161 Å². The zero-order valence-electron chi connectivity index (χ0n) is 62.5. The highest BCUT2D eigenvalue weighted by Gasteiger charge is 2.62. The van der Waals surface area contributed by atoms with Crippen molar-refractivity contribution in [2.45, 2.75) is 286 Å². The molecule has 4 aliphatic heterocycles. The second kappa shape index (κ2) is 40.6. The van der Waals surface area contributed by atoms with E-state index in [0.717, 1.165) is 64.0 Å². The number of carboxylic acids is 1. The van der Waals surface area contributed by atoms with Crippen LogP contribution in [0.25, 0.3) is 0 Å². The minimum absolute atomic E-state index is 0.124. The number of ether oxygens (including phenoxy) is 10. The Morgan fingerprint density at radius 1 is 0.734 bits per heavy atom. The number of ketones is 1. The van der Waals surface area contributed by atoms with Crippen molar-refractivity contribution in [2.75, 3.05) is 26.4 Å². The molecule has 4 saturated heterocycles. The van der Waals surface area contributed by atoms with E-state index in [2.05, 4.69) is 75.4 Å². The van der Waals surface area contributed by atoms with Gasteiger partial charge >= 0.3 is 19.9 Å². The second-order valence-corrected chi connectivity index (χ2v) is 30.7. The zero-order chi connectivity index (χ0) is 81.5. The van der Waals surface area contributed by atoms with Gasteiger partial charge in [0.25, 0.3) is 5.91 Å². The molecule has 109 heavy (non-hydrogen) atoms. The van der Waals surface area contributed by atoms with E-state index >= 15 is 0 Å². The first-order valence-corrected chi connectivity index (χ1v) is 37.2. The fraction of sp³-hybridized carbons (Fsp3) is 0.729. The number of carbonyl (C=O) groups is 7. The fourth-order valence-corrected chi connectivity index (χ4v) is 14.1. The van der Waals surface area contributed by atoms with Crippen molar-refractivity contribution in [3.63, 3.8) is 0 Å². The van der Waals surface area contributed by atoms with Crippen LogP contribution in [0.4, 0.5) is 4.79 Å². The first-order valence-electron chi connectivity index (χ1n) is 35.7. The van der Waals surface area contributed by atoms with Crippen LogP contribution in [-0.4, -0.2) is 287 Å². The molecule has 4 heterocycles. The molecule has 0 aromatic heterocycles. The Morgan fingerprint density at radius 3 is 1.90 bits per heavy atom. The average molecular weight is 1580 g/mol. The van der Waals surface area contributed by atoms with E-state index < -0.39 is 246 Å². The van der Waals surface area contributed by atoms with Gasteiger partial charge in [-0.2, -0.15) is 0 Å². The number of phosphoric acid groups is 1. The van der Waals surface area contributed by atoms with Gasteiger partial charge in [-0.3, -0.25) is 33.0 Å². The monoisotopic (exact) mass is 1580 g/mol. The molecule has 38 nitrogen and oxygen atoms in total. The third-order valence-electron chi connectivity index (χ3n) is 19.5. The summed E-state index contributed by atoms with van der Waals surface area (Å²) in [5.41, 5.74) is 12.4. The lowest BCUT2D eigenvalue weighted by molar-refractivity contribution is -0.365. The highest BCUT2D eigenvalue weighted by atomic mass is 31.2. The van der Waals surface area contributed by atoms with Gasteiger partial charge in [0.1, 0.15) is 115 Å². The molecule has 0 spiro atoms. The van der Waals surface area contributed by atoms with Gasteiger partial charge in [0.05, 0.1) is 38.4 Å². The molecule has 1 saturated carbocycles. The van der Waals surface area contributed by atoms with Gasteiger partial charge in [-0.25, -0.2) is 14.2 Å². The number of Topliss-reactive ketones (excluding diaryl/α,β-unsaturated/α-hetero) is 1. The van der Waals surface area contributed by atoms with Crippen LogP contribution in [0.3, 0.4) is 0 Å². The summed E-state index contributed by atoms with van der Waals surface area (Å²) in [4.78, 5) is 102. The van der Waals surface area contributed by atoms with Crippen molar-refractivity contribution in [1.82, 2.24) is 16.0 Å². The van der Waals surface area contributed by atoms with Crippen LogP contribution in [0.15, 0.2) is 70.7 Å². The van der Waals surface area contributed by atoms with Gasteiger partial charge < -0.3 is 141 Å². The Morgan fingerprint density at radius 2 is 1.31 bits per heavy atom. The SMILES string of the molecule is C=C(C/C=C(\C)CCC=C(C)C)CCC(C)(C)/C=C/CC/C(C)=C/CO[C@@H](COP(=O)(O)OC1CC(C(N)=O)C(C)(O)C(OC(N)=O)C1OC1OC(COC2OC(CO)C(O)C(O)C2O)C(OC2OC(C)C(OC3OC(C(=O)NC4=C(O)CCC4=O)C(O)C(O)C3O)C(O)C2NC(C)=O)C(O)C1NC(C)=O)C(=O)O. The molecule has 6 rings (SSSR count). The second-order valence-electron chi connectivity index (χ2n) is 29.3. The molecule has 0 aromatic carbocycles. The first-order chi connectivity index (χ1) is 50.9. The lowest BCUT2D eigenvalue weighted by Crippen LogP contribution is -2.71. The molecule has 27 atom stereocenters. The Kier molecular flexibility index (Phi) is 34.1. The Hall–Kier alpha value is -6.12. The molecule has 39 heteroatoms. The first kappa shape index (κ1) is 91.8. The molecular formula is C70H110N5O33P. The third kappa shape index (κ3) is 25.4. The fourth-order valence-electron chi connectivity index (χ4n) is 13.1. The van der Waals surface area contributed by atoms with E-state index in [1.54, 1.807) is 13.0 Å². The van der Waals surface area contributed by atoms with Gasteiger partial charge in [0.15, 0.2) is 49.3 Å². The maximum absolute atomic E-state index is 14.2. The van der Waals surface area contributed by atoms with E-state index in [-0.39, 0.29) is 24.9 Å². The zero-order valence-corrected chi connectivity index (χ0v) is 63.4. The number of nitrogens with two attached hydrogens (primary N) is 2. The van der Waals surface area contributed by atoms with E-state index in [0.29, 0.717) is 12.8 Å². The largest absolute Gasteiger partial charge is 0.510 e. The number of carboxylic acid groups (broad SMARTS) is 1. The summed E-state index contributed by atoms with van der Waals surface area (Å²) >= 11 is 0. The van der Waals surface area contributed by atoms with Crippen LogP contribution in [0.5, 0.6) is 0 Å². The van der Waals surface area contributed by atoms with Gasteiger partial charge in [0.2, 0.25) is 17.7 Å². The molecular weight excluding hydrogens is 1470 g/mol. The van der Waals surface area contributed by atoms with Gasteiger partial charge in [-0.1, -0.05) is 73.1 Å². The number of nitrogens with one attached hydrogen (secondary N) is 3. The van der Waals surface area contributed by atoms with Gasteiger partial charge in [-0.15, -0.1) is 0 Å². The van der Waals surface area contributed by atoms with Crippen LogP contribution < -0.4 is 27.4 Å². The molecule has 0 bridgehead atoms. The summed E-state index contributed by atoms with van der Waals surface area (Å²) in [6, 6.07) is -3.93. The summed E-state index contributed by atoms with van der Waals surface area (Å²) in [7, 11) is -5.73. The number of rotatable bonds is 37. The molecule has 5 fully saturated rings. The van der Waals surface area contributed by atoms with Crippen LogP contribution in [0.2, 0.25) is 0 Å². The number of hydrogen-bond acceptors (Lipinski definition) is 31. The molecule has 0 radical (unpaired) electrons. The predicted molar refractivity (Wildman–Crippen MR) is 375 cm³/mol. The number of phosphoric ester groups is 1. The average Bonchev–Trinajstić information content (AvgIpc) is 1.80. The predicted octanol–water partition coefficient (Wildman–Crippen LogP) is -1.36. The minimum atomic E-state index is -5.73. The maximum Gasteiger partial charge on any atom is 0.472 e. The summed E-state index contributed by atoms with van der Waals surface area (Å²) in [5.74, 6) is -9.26. The van der Waals surface area contributed by atoms with Crippen molar-refractivity contribution >= 4 is 49.3 Å². The van der Waals surface area contributed by atoms with Crippen LogP contribution >= 0.6 is 7.82 Å². The Labute approximate surface area is 629 Å². The highest BCUT2D eigenvalue weighted by molar-refractivity contribution is 7.47. The number of aliphatic hydroxyl groups is 11. The number of carbonyl (C=O) groups excluding carboxylic acids is 6. The summed E-state index contributed by atoms with van der Waals surface area (Å²) in [5, 5.41) is 140. The van der Waals surface area contributed by atoms with Crippen molar-refractivity contribution in [3.8, 4) is 0 Å². The molecule has 5 amide bonds. The van der Waals surface area contributed by atoms with Gasteiger partial charge in [-0.05, 0) is 98.3 Å². The molecule has 2 aliphatic carbocycles. The summed E-state index contributed by atoms with van der Waals surface area (Å²) in [6.45, 7) is 17.1. The summed E-state index contributed by atoms with van der Waals surface area (Å²) < 4.78 is 84.0. The minimum Gasteiger partial charge on any atom is -0.510 e. The topological polar surface area (TPSA) is 598 Å². The lowest BCUT2D eigenvalue weighted by atomic mass is 9.71. The third-order valence-corrected chi connectivity index (χ3v) is 20.5. The molecule has 6 aliphatic rings. The van der Waals surface area contributed by atoms with Crippen LogP contribution in [0.1, 0.15) is 133 Å². The van der Waals surface area contributed by atoms with Crippen LogP contribution in [0, 0.1) is 11.3 Å². The van der Waals surface area contributed by atoms with Crippen molar-refractivity contribution in [2.24, 2.45) is 22.8 Å². The number of hydrogen-bond donors (Lipinski definition) is 18. The van der Waals surface area contributed by atoms with E-state index in [1.807, 2.05) is 6.08 Å². The molecule has 26 unspecified atom stereocenters. The summed E-state index contributed by atoms with van der Waals surface area (Å²) in [6.07, 6.45) is -32.5. The van der Waals surface area contributed by atoms with Gasteiger partial charge in [0, 0.05) is 26.7 Å². The highest BCUT2D eigenvalue weighted by Crippen LogP contribution is 2.51. The lowest BCUT2D eigenvalue weighted by Gasteiger charge is -2.52. The molecule has 0 aromatic rings. The number of aliphatic carboxylic acids is 1. The number of aliphatic hydroxyl groups excluding tert-OH is 10. The number of primary amides is 2. The molecule has 20 N–H and O–H groups in total. The van der Waals surface area contributed by atoms with Crippen molar-refractivity contribution in [3.05, 3.63) is 70.7 Å².